The summed E-state index contributed by atoms with van der Waals surface area (Å²) in [7, 11) is 0. The predicted octanol–water partition coefficient (Wildman–Crippen LogP) is 2.42. The van der Waals surface area contributed by atoms with E-state index in [1.807, 2.05) is 35.8 Å². The lowest BCUT2D eigenvalue weighted by atomic mass is 10.1. The van der Waals surface area contributed by atoms with E-state index >= 15 is 0 Å². The summed E-state index contributed by atoms with van der Waals surface area (Å²) in [6.07, 6.45) is 2.09. The number of nitriles is 1. The van der Waals surface area contributed by atoms with Crippen molar-refractivity contribution in [3.05, 3.63) is 41.7 Å². The molecule has 0 saturated carbocycles. The fraction of sp³-hybridized carbons (Fsp3) is 0.214. The van der Waals surface area contributed by atoms with Gasteiger partial charge in [0.15, 0.2) is 5.16 Å². The van der Waals surface area contributed by atoms with Crippen LogP contribution in [0.2, 0.25) is 0 Å². The van der Waals surface area contributed by atoms with Crippen LogP contribution in [0.15, 0.2) is 35.6 Å². The largest absolute Gasteiger partial charge is 0.481 e. The summed E-state index contributed by atoms with van der Waals surface area (Å²) in [5.41, 5.74) is 2.80. The van der Waals surface area contributed by atoms with Gasteiger partial charge in [0.2, 0.25) is 0 Å². The van der Waals surface area contributed by atoms with E-state index in [1.54, 1.807) is 6.20 Å². The van der Waals surface area contributed by atoms with Crippen LogP contribution >= 0.6 is 11.8 Å². The van der Waals surface area contributed by atoms with Crippen molar-refractivity contribution >= 4 is 17.7 Å². The smallest absolute Gasteiger partial charge is 0.313 e. The molecule has 1 aromatic heterocycles. The van der Waals surface area contributed by atoms with Crippen LogP contribution < -0.4 is 0 Å². The average Bonchev–Trinajstić information content (AvgIpc) is 2.79. The van der Waals surface area contributed by atoms with Crippen molar-refractivity contribution in [3.63, 3.8) is 0 Å². The van der Waals surface area contributed by atoms with E-state index < -0.39 is 5.97 Å². The van der Waals surface area contributed by atoms with Gasteiger partial charge in [-0.25, -0.2) is 4.98 Å². The van der Waals surface area contributed by atoms with Crippen LogP contribution in [-0.2, 0) is 11.2 Å². The molecule has 0 fully saturated rings. The summed E-state index contributed by atoms with van der Waals surface area (Å²) in [4.78, 5) is 14.9. The summed E-state index contributed by atoms with van der Waals surface area (Å²) in [6.45, 7) is 1.92. The number of aromatic nitrogens is 2. The van der Waals surface area contributed by atoms with Gasteiger partial charge < -0.3 is 5.11 Å². The highest BCUT2D eigenvalue weighted by atomic mass is 32.2. The molecule has 1 heterocycles. The zero-order valence-corrected chi connectivity index (χ0v) is 11.7. The normalized spacial score (nSPS) is 10.2. The number of benzene rings is 1. The van der Waals surface area contributed by atoms with Crippen LogP contribution in [0.25, 0.3) is 5.69 Å². The molecule has 2 rings (SSSR count). The predicted molar refractivity (Wildman–Crippen MR) is 76.0 cm³/mol. The number of rotatable bonds is 5. The summed E-state index contributed by atoms with van der Waals surface area (Å²) in [5.74, 6) is -0.894. The maximum absolute atomic E-state index is 10.7. The van der Waals surface area contributed by atoms with Crippen LogP contribution in [0.3, 0.4) is 0 Å². The van der Waals surface area contributed by atoms with E-state index in [0.29, 0.717) is 11.6 Å². The third-order valence-corrected chi connectivity index (χ3v) is 3.65. The summed E-state index contributed by atoms with van der Waals surface area (Å²) in [5, 5.41) is 18.1. The van der Waals surface area contributed by atoms with Crippen molar-refractivity contribution in [3.8, 4) is 11.8 Å². The molecule has 20 heavy (non-hydrogen) atoms. The van der Waals surface area contributed by atoms with Crippen molar-refractivity contribution in [1.82, 2.24) is 9.55 Å². The number of aliphatic carboxylic acids is 1. The Balaban J connectivity index is 2.29. The quantitative estimate of drug-likeness (QED) is 0.854. The molecule has 2 aromatic rings. The minimum Gasteiger partial charge on any atom is -0.481 e. The Bertz CT molecular complexity index is 656. The SMILES string of the molecule is Cc1cnc(SCC(=O)O)n1-c1ccc(CC#N)cc1. The molecule has 0 spiro atoms. The zero-order valence-electron chi connectivity index (χ0n) is 10.9. The third-order valence-electron chi connectivity index (χ3n) is 2.71. The Labute approximate surface area is 120 Å². The lowest BCUT2D eigenvalue weighted by Gasteiger charge is -2.09. The van der Waals surface area contributed by atoms with Gasteiger partial charge in [0.1, 0.15) is 0 Å². The summed E-state index contributed by atoms with van der Waals surface area (Å²) in [6, 6.07) is 9.71. The first-order valence-electron chi connectivity index (χ1n) is 5.97. The Morgan fingerprint density at radius 1 is 1.45 bits per heavy atom. The van der Waals surface area contributed by atoms with E-state index in [-0.39, 0.29) is 5.75 Å². The first-order chi connectivity index (χ1) is 9.61. The maximum Gasteiger partial charge on any atom is 0.313 e. The molecule has 1 aromatic carbocycles. The summed E-state index contributed by atoms with van der Waals surface area (Å²) < 4.78 is 1.91. The number of carboxylic acids is 1. The van der Waals surface area contributed by atoms with Crippen molar-refractivity contribution in [1.29, 1.82) is 5.26 Å². The topological polar surface area (TPSA) is 78.9 Å². The molecule has 0 atom stereocenters. The first-order valence-corrected chi connectivity index (χ1v) is 6.95. The van der Waals surface area contributed by atoms with Gasteiger partial charge in [0.25, 0.3) is 0 Å². The molecule has 102 valence electrons. The zero-order chi connectivity index (χ0) is 14.5. The van der Waals surface area contributed by atoms with Gasteiger partial charge in [0.05, 0.1) is 18.2 Å². The standard InChI is InChI=1S/C14H13N3O2S/c1-10-8-16-14(20-9-13(18)19)17(10)12-4-2-11(3-5-12)6-7-15/h2-5,8H,6,9H2,1H3,(H,18,19). The number of carbonyl (C=O) groups is 1. The molecule has 6 heteroatoms. The van der Waals surface area contributed by atoms with E-state index in [0.717, 1.165) is 16.9 Å². The molecule has 0 radical (unpaired) electrons. The van der Waals surface area contributed by atoms with Crippen LogP contribution in [0, 0.1) is 18.3 Å². The highest BCUT2D eigenvalue weighted by molar-refractivity contribution is 7.99. The van der Waals surface area contributed by atoms with Crippen molar-refractivity contribution in [2.45, 2.75) is 18.5 Å². The van der Waals surface area contributed by atoms with Crippen molar-refractivity contribution < 1.29 is 9.90 Å². The number of hydrogen-bond donors (Lipinski definition) is 1. The molecule has 0 bridgehead atoms. The van der Waals surface area contributed by atoms with Crippen molar-refractivity contribution in [2.75, 3.05) is 5.75 Å². The number of aryl methyl sites for hydroxylation is 1. The second-order valence-corrected chi connectivity index (χ2v) is 5.14. The van der Waals surface area contributed by atoms with Gasteiger partial charge in [-0.15, -0.1) is 0 Å². The first kappa shape index (κ1) is 14.2. The molecule has 1 N–H and O–H groups in total. The lowest BCUT2D eigenvalue weighted by Crippen LogP contribution is -2.03. The molecule has 0 unspecified atom stereocenters. The summed E-state index contributed by atoms with van der Waals surface area (Å²) >= 11 is 1.19. The van der Waals surface area contributed by atoms with Gasteiger partial charge in [0, 0.05) is 17.6 Å². The van der Waals surface area contributed by atoms with Crippen molar-refractivity contribution in [2.24, 2.45) is 0 Å². The third kappa shape index (κ3) is 3.19. The van der Waals surface area contributed by atoms with Gasteiger partial charge in [-0.1, -0.05) is 23.9 Å². The number of carboxylic acid groups (broad SMARTS) is 1. The maximum atomic E-state index is 10.7. The van der Waals surface area contributed by atoms with E-state index in [1.165, 1.54) is 11.8 Å². The number of hydrogen-bond acceptors (Lipinski definition) is 4. The molecule has 0 aliphatic rings. The van der Waals surface area contributed by atoms with Crippen LogP contribution in [0.1, 0.15) is 11.3 Å². The Kier molecular flexibility index (Phi) is 4.43. The van der Waals surface area contributed by atoms with Gasteiger partial charge in [-0.2, -0.15) is 5.26 Å². The van der Waals surface area contributed by atoms with Crippen LogP contribution in [-0.4, -0.2) is 26.4 Å². The lowest BCUT2D eigenvalue weighted by molar-refractivity contribution is -0.133. The monoisotopic (exact) mass is 287 g/mol. The molecule has 0 saturated heterocycles. The fourth-order valence-electron chi connectivity index (χ4n) is 1.81. The molecule has 0 amide bonds. The van der Waals surface area contributed by atoms with E-state index in [4.69, 9.17) is 10.4 Å². The fourth-order valence-corrected chi connectivity index (χ4v) is 2.57. The number of imidazole rings is 1. The van der Waals surface area contributed by atoms with Gasteiger partial charge >= 0.3 is 5.97 Å². The Morgan fingerprint density at radius 2 is 2.15 bits per heavy atom. The van der Waals surface area contributed by atoms with Crippen LogP contribution in [0.4, 0.5) is 0 Å². The minimum atomic E-state index is -0.869. The molecule has 0 aliphatic carbocycles. The van der Waals surface area contributed by atoms with E-state index in [9.17, 15) is 4.79 Å². The minimum absolute atomic E-state index is 0.0248. The molecular formula is C14H13N3O2S. The van der Waals surface area contributed by atoms with Gasteiger partial charge in [-0.05, 0) is 24.6 Å². The highest BCUT2D eigenvalue weighted by Crippen LogP contribution is 2.23. The second-order valence-electron chi connectivity index (χ2n) is 4.20. The van der Waals surface area contributed by atoms with E-state index in [2.05, 4.69) is 11.1 Å². The average molecular weight is 287 g/mol. The number of thioether (sulfide) groups is 1. The highest BCUT2D eigenvalue weighted by Gasteiger charge is 2.11. The molecule has 0 aliphatic heterocycles. The number of nitrogens with zero attached hydrogens (tertiary/aromatic N) is 3. The Hall–Kier alpha value is -2.26. The Morgan fingerprint density at radius 3 is 2.75 bits per heavy atom. The van der Waals surface area contributed by atoms with Crippen LogP contribution in [0.5, 0.6) is 0 Å². The van der Waals surface area contributed by atoms with Gasteiger partial charge in [-0.3, -0.25) is 9.36 Å². The molecular weight excluding hydrogens is 274 g/mol. The second kappa shape index (κ2) is 6.26. The molecule has 5 nitrogen and oxygen atoms in total.